The summed E-state index contributed by atoms with van der Waals surface area (Å²) >= 11 is 0. The molecule has 0 saturated heterocycles. The van der Waals surface area contributed by atoms with Crippen molar-refractivity contribution in [3.8, 4) is 11.4 Å². The molecule has 1 atom stereocenters. The highest BCUT2D eigenvalue weighted by atomic mass is 32.2. The van der Waals surface area contributed by atoms with Gasteiger partial charge in [0.1, 0.15) is 23.4 Å². The molecule has 3 N–H and O–H groups in total. The number of aromatic nitrogens is 2. The first-order valence-electron chi connectivity index (χ1n) is 16.5. The van der Waals surface area contributed by atoms with Crippen LogP contribution in [0.5, 0.6) is 5.75 Å². The molecule has 0 bridgehead atoms. The molecule has 1 aromatic heterocycles. The third-order valence-corrected chi connectivity index (χ3v) is 9.26. The molecule has 17 heteroatoms. The van der Waals surface area contributed by atoms with Gasteiger partial charge in [0.25, 0.3) is 27.4 Å². The lowest BCUT2D eigenvalue weighted by molar-refractivity contribution is -0.149. The first kappa shape index (κ1) is 40.9. The molecule has 54 heavy (non-hydrogen) atoms. The highest BCUT2D eigenvalue weighted by Gasteiger charge is 2.28. The van der Waals surface area contributed by atoms with E-state index in [1.165, 1.54) is 55.1 Å². The van der Waals surface area contributed by atoms with Crippen molar-refractivity contribution in [1.29, 1.82) is 0 Å². The summed E-state index contributed by atoms with van der Waals surface area (Å²) in [7, 11) is -1.82. The molecule has 0 aliphatic rings. The first-order valence-corrected chi connectivity index (χ1v) is 18.0. The van der Waals surface area contributed by atoms with Crippen molar-refractivity contribution in [2.24, 2.45) is 7.05 Å². The molecule has 0 aliphatic carbocycles. The number of hydrogen-bond acceptors (Lipinski definition) is 9. The Kier molecular flexibility index (Phi) is 12.2. The summed E-state index contributed by atoms with van der Waals surface area (Å²) in [5.41, 5.74) is -2.15. The van der Waals surface area contributed by atoms with Gasteiger partial charge in [0.05, 0.1) is 40.6 Å². The molecule has 2 amide bonds. The van der Waals surface area contributed by atoms with Gasteiger partial charge in [-0.05, 0) is 77.4 Å². The van der Waals surface area contributed by atoms with Crippen molar-refractivity contribution in [3.05, 3.63) is 116 Å². The number of carbonyl (C=O) groups excluding carboxylic acids is 3. The molecule has 288 valence electrons. The van der Waals surface area contributed by atoms with Gasteiger partial charge in [-0.2, -0.15) is 0 Å². The van der Waals surface area contributed by atoms with E-state index in [0.29, 0.717) is 23.4 Å². The number of sulfonamides is 1. The summed E-state index contributed by atoms with van der Waals surface area (Å²) < 4.78 is 71.8. The number of hydrogen-bond donors (Lipinski definition) is 3. The minimum Gasteiger partial charge on any atom is -0.496 e. The fourth-order valence-electron chi connectivity index (χ4n) is 5.17. The van der Waals surface area contributed by atoms with Crippen molar-refractivity contribution in [3.63, 3.8) is 0 Å². The van der Waals surface area contributed by atoms with Crippen molar-refractivity contribution in [2.45, 2.75) is 70.5 Å². The number of carbonyl (C=O) groups is 3. The first-order chi connectivity index (χ1) is 25.1. The van der Waals surface area contributed by atoms with Crippen LogP contribution in [0.2, 0.25) is 0 Å². The summed E-state index contributed by atoms with van der Waals surface area (Å²) in [4.78, 5) is 63.8. The van der Waals surface area contributed by atoms with Gasteiger partial charge in [-0.15, -0.1) is 0 Å². The Morgan fingerprint density at radius 1 is 0.889 bits per heavy atom. The number of methoxy groups -OCH3 is 1. The standard InChI is InChI=1S/C37H41F2N5O9S/c1-20(2)53-35(48)30(16-22-9-11-23(12-10-22)44-32(45)15-21(3)43(7)36(44)49)40-33(46)26-18-28(39)29(19-27(26)38)42-54(50,51)24-13-14-25(31(17-24)52-8)34(47)41-37(4,5)6/h9-15,17-20,30,42H,16H2,1-8H3,(H,40,46)(H,41,47)/t30-/m0/s1. The van der Waals surface area contributed by atoms with E-state index in [4.69, 9.17) is 9.47 Å². The number of halogens is 2. The molecule has 0 radical (unpaired) electrons. The second-order valence-corrected chi connectivity index (χ2v) is 15.3. The van der Waals surface area contributed by atoms with Crippen LogP contribution in [0.1, 0.15) is 66.6 Å². The molecule has 4 aromatic rings. The van der Waals surface area contributed by atoms with Crippen LogP contribution >= 0.6 is 0 Å². The van der Waals surface area contributed by atoms with E-state index in [1.54, 1.807) is 41.5 Å². The monoisotopic (exact) mass is 769 g/mol. The summed E-state index contributed by atoms with van der Waals surface area (Å²) in [6.07, 6.45) is -0.775. The van der Waals surface area contributed by atoms with Crippen molar-refractivity contribution < 1.29 is 41.1 Å². The highest BCUT2D eigenvalue weighted by Crippen LogP contribution is 2.27. The van der Waals surface area contributed by atoms with Crippen LogP contribution in [0.25, 0.3) is 5.69 Å². The van der Waals surface area contributed by atoms with Crippen LogP contribution in [-0.2, 0) is 33.0 Å². The Morgan fingerprint density at radius 2 is 1.54 bits per heavy atom. The number of esters is 1. The lowest BCUT2D eigenvalue weighted by Crippen LogP contribution is -2.44. The molecule has 3 aromatic carbocycles. The molecular weight excluding hydrogens is 728 g/mol. The number of aryl methyl sites for hydroxylation is 1. The van der Waals surface area contributed by atoms with Crippen LogP contribution in [-0.4, -0.2) is 60.1 Å². The Bertz CT molecular complexity index is 2330. The number of anilines is 1. The Labute approximate surface area is 310 Å². The van der Waals surface area contributed by atoms with Gasteiger partial charge in [-0.3, -0.25) is 19.1 Å². The smallest absolute Gasteiger partial charge is 0.335 e. The zero-order chi connectivity index (χ0) is 40.3. The van der Waals surface area contributed by atoms with E-state index in [0.717, 1.165) is 16.7 Å². The lowest BCUT2D eigenvalue weighted by Gasteiger charge is -2.21. The molecule has 4 rings (SSSR count). The largest absolute Gasteiger partial charge is 0.496 e. The Hall–Kier alpha value is -5.84. The zero-order valence-electron chi connectivity index (χ0n) is 30.9. The van der Waals surface area contributed by atoms with Gasteiger partial charge >= 0.3 is 11.7 Å². The molecule has 1 heterocycles. The number of nitrogens with one attached hydrogen (secondary N) is 3. The molecule has 0 saturated carbocycles. The van der Waals surface area contributed by atoms with Gasteiger partial charge in [0.2, 0.25) is 0 Å². The van der Waals surface area contributed by atoms with E-state index >= 15 is 8.78 Å². The van der Waals surface area contributed by atoms with Gasteiger partial charge in [0, 0.05) is 42.9 Å². The van der Waals surface area contributed by atoms with Crippen LogP contribution < -0.4 is 31.3 Å². The van der Waals surface area contributed by atoms with Gasteiger partial charge < -0.3 is 24.7 Å². The molecule has 0 spiro atoms. The number of nitrogens with zero attached hydrogens (tertiary/aromatic N) is 2. The normalized spacial score (nSPS) is 12.2. The minimum absolute atomic E-state index is 0.0396. The Morgan fingerprint density at radius 3 is 2.13 bits per heavy atom. The number of rotatable bonds is 12. The van der Waals surface area contributed by atoms with E-state index < -0.39 is 84.5 Å². The number of amides is 2. The van der Waals surface area contributed by atoms with Crippen LogP contribution in [0.3, 0.4) is 0 Å². The second kappa shape index (κ2) is 16.0. The van der Waals surface area contributed by atoms with Crippen molar-refractivity contribution in [1.82, 2.24) is 19.8 Å². The van der Waals surface area contributed by atoms with E-state index in [-0.39, 0.29) is 23.4 Å². The van der Waals surface area contributed by atoms with Gasteiger partial charge in [-0.1, -0.05) is 12.1 Å². The summed E-state index contributed by atoms with van der Waals surface area (Å²) in [6.45, 7) is 10.0. The number of benzene rings is 3. The van der Waals surface area contributed by atoms with Crippen LogP contribution in [0.4, 0.5) is 14.5 Å². The highest BCUT2D eigenvalue weighted by molar-refractivity contribution is 7.92. The average Bonchev–Trinajstić information content (AvgIpc) is 3.07. The average molecular weight is 770 g/mol. The topological polar surface area (TPSA) is 184 Å². The third kappa shape index (κ3) is 9.57. The van der Waals surface area contributed by atoms with Crippen LogP contribution in [0.15, 0.2) is 75.1 Å². The molecule has 14 nitrogen and oxygen atoms in total. The maximum atomic E-state index is 15.4. The minimum atomic E-state index is -4.57. The fraction of sp³-hybridized carbons (Fsp3) is 0.324. The maximum Gasteiger partial charge on any atom is 0.335 e. The summed E-state index contributed by atoms with van der Waals surface area (Å²) in [5, 5.41) is 5.09. The predicted octanol–water partition coefficient (Wildman–Crippen LogP) is 3.75. The summed E-state index contributed by atoms with van der Waals surface area (Å²) in [5.74, 6) is -5.33. The molecule has 0 aliphatic heterocycles. The summed E-state index contributed by atoms with van der Waals surface area (Å²) in [6, 6.07) is 10.2. The molecule has 0 fully saturated rings. The van der Waals surface area contributed by atoms with Crippen molar-refractivity contribution >= 4 is 33.5 Å². The lowest BCUT2D eigenvalue weighted by atomic mass is 10.0. The predicted molar refractivity (Wildman–Crippen MR) is 196 cm³/mol. The maximum absolute atomic E-state index is 15.4. The molecule has 0 unspecified atom stereocenters. The van der Waals surface area contributed by atoms with Crippen molar-refractivity contribution in [2.75, 3.05) is 11.8 Å². The van der Waals surface area contributed by atoms with Gasteiger partial charge in [0.15, 0.2) is 0 Å². The van der Waals surface area contributed by atoms with E-state index in [1.807, 2.05) is 4.72 Å². The van der Waals surface area contributed by atoms with Gasteiger partial charge in [-0.25, -0.2) is 31.4 Å². The molecular formula is C37H41F2N5O9S. The van der Waals surface area contributed by atoms with E-state index in [2.05, 4.69) is 10.6 Å². The zero-order valence-corrected chi connectivity index (χ0v) is 31.7. The van der Waals surface area contributed by atoms with E-state index in [9.17, 15) is 32.4 Å². The second-order valence-electron chi connectivity index (χ2n) is 13.7. The number of ether oxygens (including phenoxy) is 2. The Balaban J connectivity index is 1.56. The third-order valence-electron chi connectivity index (χ3n) is 7.90. The van der Waals surface area contributed by atoms with Crippen LogP contribution in [0, 0.1) is 18.6 Å². The quantitative estimate of drug-likeness (QED) is 0.181. The SMILES string of the molecule is COc1cc(S(=O)(=O)Nc2cc(F)c(C(=O)N[C@@H](Cc3ccc(-n4c(=O)cc(C)n(C)c4=O)cc3)C(=O)OC(C)C)cc2F)ccc1C(=O)NC(C)(C)C. The fourth-order valence-corrected chi connectivity index (χ4v) is 6.24.